The maximum atomic E-state index is 11.9. The van der Waals surface area contributed by atoms with Crippen LogP contribution in [-0.4, -0.2) is 47.4 Å². The first kappa shape index (κ1) is 17.2. The second-order valence-corrected chi connectivity index (χ2v) is 7.25. The van der Waals surface area contributed by atoms with Gasteiger partial charge in [-0.25, -0.2) is 4.98 Å². The third-order valence-electron chi connectivity index (χ3n) is 4.15. The van der Waals surface area contributed by atoms with Crippen LogP contribution in [0.2, 0.25) is 5.02 Å². The highest BCUT2D eigenvalue weighted by Crippen LogP contribution is 2.27. The molecule has 0 unspecified atom stereocenters. The van der Waals surface area contributed by atoms with Crippen molar-refractivity contribution >= 4 is 23.2 Å². The molecule has 0 aliphatic carbocycles. The highest BCUT2D eigenvalue weighted by molar-refractivity contribution is 6.33. The number of ketones is 1. The summed E-state index contributed by atoms with van der Waals surface area (Å²) in [6.45, 7) is 12.5. The fourth-order valence-electron chi connectivity index (χ4n) is 2.78. The van der Waals surface area contributed by atoms with Gasteiger partial charge in [0.15, 0.2) is 5.78 Å². The highest BCUT2D eigenvalue weighted by Gasteiger charge is 2.27. The zero-order chi connectivity index (χ0) is 16.3. The van der Waals surface area contributed by atoms with Gasteiger partial charge in [0.1, 0.15) is 5.82 Å². The zero-order valence-electron chi connectivity index (χ0n) is 14.0. The first-order chi connectivity index (χ1) is 10.3. The molecule has 0 bridgehead atoms. The van der Waals surface area contributed by atoms with Crippen LogP contribution in [-0.2, 0) is 0 Å². The number of aromatic nitrogens is 1. The molecule has 1 aliphatic heterocycles. The van der Waals surface area contributed by atoms with Crippen molar-refractivity contribution in [1.82, 2.24) is 9.88 Å². The number of Topliss-reactive ketones (excluding diaryl/α,β-unsaturated/α-hetero) is 1. The summed E-state index contributed by atoms with van der Waals surface area (Å²) in [6, 6.07) is 1.76. The second kappa shape index (κ2) is 6.97. The number of halogens is 1. The Labute approximate surface area is 138 Å². The molecule has 22 heavy (non-hydrogen) atoms. The molecule has 0 saturated carbocycles. The van der Waals surface area contributed by atoms with Gasteiger partial charge in [-0.05, 0) is 33.3 Å². The van der Waals surface area contributed by atoms with Gasteiger partial charge in [-0.2, -0.15) is 0 Å². The molecule has 1 fully saturated rings. The Hall–Kier alpha value is -1.13. The van der Waals surface area contributed by atoms with E-state index in [4.69, 9.17) is 11.6 Å². The fourth-order valence-corrected chi connectivity index (χ4v) is 3.06. The number of hydrogen-bond acceptors (Lipinski definition) is 4. The number of piperazine rings is 1. The van der Waals surface area contributed by atoms with E-state index in [2.05, 4.69) is 35.6 Å². The van der Waals surface area contributed by atoms with E-state index >= 15 is 0 Å². The molecule has 0 atom stereocenters. The summed E-state index contributed by atoms with van der Waals surface area (Å²) in [4.78, 5) is 21.0. The van der Waals surface area contributed by atoms with E-state index in [0.717, 1.165) is 38.4 Å². The van der Waals surface area contributed by atoms with E-state index in [-0.39, 0.29) is 11.3 Å². The van der Waals surface area contributed by atoms with Crippen molar-refractivity contribution in [3.63, 3.8) is 0 Å². The van der Waals surface area contributed by atoms with Crippen LogP contribution in [0.5, 0.6) is 0 Å². The molecule has 1 saturated heterocycles. The molecule has 0 radical (unpaired) electrons. The highest BCUT2D eigenvalue weighted by atomic mass is 35.5. The van der Waals surface area contributed by atoms with Gasteiger partial charge in [0, 0.05) is 49.9 Å². The van der Waals surface area contributed by atoms with Crippen LogP contribution < -0.4 is 4.90 Å². The summed E-state index contributed by atoms with van der Waals surface area (Å²) >= 11 is 6.36. The Balaban J connectivity index is 2.07. The molecule has 122 valence electrons. The Morgan fingerprint density at radius 2 is 1.91 bits per heavy atom. The van der Waals surface area contributed by atoms with Gasteiger partial charge >= 0.3 is 0 Å². The van der Waals surface area contributed by atoms with E-state index in [0.29, 0.717) is 17.0 Å². The minimum absolute atomic E-state index is 0.112. The zero-order valence-corrected chi connectivity index (χ0v) is 14.8. The lowest BCUT2D eigenvalue weighted by molar-refractivity contribution is 0.0981. The van der Waals surface area contributed by atoms with Crippen molar-refractivity contribution in [2.45, 2.75) is 46.1 Å². The van der Waals surface area contributed by atoms with Gasteiger partial charge < -0.3 is 4.90 Å². The molecule has 5 heteroatoms. The minimum Gasteiger partial charge on any atom is -0.353 e. The number of anilines is 1. The molecule has 2 rings (SSSR count). The summed E-state index contributed by atoms with van der Waals surface area (Å²) in [7, 11) is 0. The molecule has 0 N–H and O–H groups in total. The largest absolute Gasteiger partial charge is 0.353 e. The third kappa shape index (κ3) is 3.99. The Morgan fingerprint density at radius 3 is 2.41 bits per heavy atom. The molecule has 2 heterocycles. The van der Waals surface area contributed by atoms with Crippen LogP contribution in [0.25, 0.3) is 0 Å². The molecule has 1 aromatic heterocycles. The summed E-state index contributed by atoms with van der Waals surface area (Å²) in [5.74, 6) is 0.907. The molecule has 0 aromatic carbocycles. The van der Waals surface area contributed by atoms with Gasteiger partial charge in [0.2, 0.25) is 0 Å². The predicted molar refractivity (Wildman–Crippen MR) is 92.0 cm³/mol. The number of hydrogen-bond donors (Lipinski definition) is 0. The first-order valence-electron chi connectivity index (χ1n) is 8.01. The summed E-state index contributed by atoms with van der Waals surface area (Å²) in [5, 5.41) is 0.575. The molecule has 1 aliphatic rings. The molecular formula is C17H26ClN3O. The molecule has 4 nitrogen and oxygen atoms in total. The van der Waals surface area contributed by atoms with Gasteiger partial charge in [0.05, 0.1) is 5.02 Å². The van der Waals surface area contributed by atoms with Gasteiger partial charge in [-0.15, -0.1) is 0 Å². The number of nitrogens with zero attached hydrogens (tertiary/aromatic N) is 3. The van der Waals surface area contributed by atoms with Crippen LogP contribution in [0.15, 0.2) is 12.3 Å². The van der Waals surface area contributed by atoms with Gasteiger partial charge in [-0.1, -0.05) is 18.5 Å². The predicted octanol–water partition coefficient (Wildman–Crippen LogP) is 3.64. The molecule has 1 aromatic rings. The topological polar surface area (TPSA) is 36.4 Å². The fraction of sp³-hybridized carbons (Fsp3) is 0.647. The quantitative estimate of drug-likeness (QED) is 0.793. The third-order valence-corrected chi connectivity index (χ3v) is 4.43. The lowest BCUT2D eigenvalue weighted by Crippen LogP contribution is -2.53. The van der Waals surface area contributed by atoms with E-state index < -0.39 is 0 Å². The van der Waals surface area contributed by atoms with Crippen molar-refractivity contribution in [3.8, 4) is 0 Å². The summed E-state index contributed by atoms with van der Waals surface area (Å²) in [6.07, 6.45) is 3.05. The monoisotopic (exact) mass is 323 g/mol. The molecular weight excluding hydrogens is 298 g/mol. The molecule has 0 spiro atoms. The van der Waals surface area contributed by atoms with Crippen molar-refractivity contribution in [2.24, 2.45) is 0 Å². The number of rotatable bonds is 4. The van der Waals surface area contributed by atoms with Crippen molar-refractivity contribution in [2.75, 3.05) is 31.1 Å². The van der Waals surface area contributed by atoms with Crippen LogP contribution >= 0.6 is 11.6 Å². The minimum atomic E-state index is 0.112. The first-order valence-corrected chi connectivity index (χ1v) is 8.39. The van der Waals surface area contributed by atoms with Crippen molar-refractivity contribution < 1.29 is 4.79 Å². The lowest BCUT2D eigenvalue weighted by atomic mass is 10.0. The summed E-state index contributed by atoms with van der Waals surface area (Å²) < 4.78 is 0. The van der Waals surface area contributed by atoms with E-state index in [1.165, 1.54) is 0 Å². The van der Waals surface area contributed by atoms with Crippen LogP contribution in [0.4, 0.5) is 5.82 Å². The number of pyridine rings is 1. The lowest BCUT2D eigenvalue weighted by Gasteiger charge is -2.42. The van der Waals surface area contributed by atoms with E-state index in [9.17, 15) is 4.79 Å². The SMILES string of the molecule is CCCC(=O)c1cnc(N2CCN(C(C)(C)C)CC2)c(Cl)c1. The van der Waals surface area contributed by atoms with E-state index in [1.54, 1.807) is 12.3 Å². The standard InChI is InChI=1S/C17H26ClN3O/c1-5-6-15(22)13-11-14(18)16(19-12-13)20-7-9-21(10-8-20)17(2,3)4/h11-12H,5-10H2,1-4H3. The average molecular weight is 324 g/mol. The maximum Gasteiger partial charge on any atom is 0.164 e. The van der Waals surface area contributed by atoms with Crippen LogP contribution in [0, 0.1) is 0 Å². The average Bonchev–Trinajstić information content (AvgIpc) is 2.46. The van der Waals surface area contributed by atoms with E-state index in [1.807, 2.05) is 6.92 Å². The van der Waals surface area contributed by atoms with Crippen LogP contribution in [0.3, 0.4) is 0 Å². The molecule has 0 amide bonds. The Kier molecular flexibility index (Phi) is 5.45. The van der Waals surface area contributed by atoms with Gasteiger partial charge in [-0.3, -0.25) is 9.69 Å². The van der Waals surface area contributed by atoms with Crippen molar-refractivity contribution in [3.05, 3.63) is 22.8 Å². The second-order valence-electron chi connectivity index (χ2n) is 6.85. The number of carbonyl (C=O) groups excluding carboxylic acids is 1. The van der Waals surface area contributed by atoms with Crippen molar-refractivity contribution in [1.29, 1.82) is 0 Å². The Morgan fingerprint density at radius 1 is 1.27 bits per heavy atom. The van der Waals surface area contributed by atoms with Gasteiger partial charge in [0.25, 0.3) is 0 Å². The Bertz CT molecular complexity index is 531. The number of carbonyl (C=O) groups is 1. The normalized spacial score (nSPS) is 16.9. The maximum absolute atomic E-state index is 11.9. The van der Waals surface area contributed by atoms with Crippen LogP contribution in [0.1, 0.15) is 50.9 Å². The summed E-state index contributed by atoms with van der Waals surface area (Å²) in [5.41, 5.74) is 0.809. The smallest absolute Gasteiger partial charge is 0.164 e.